The number of hydrogen-bond acceptors (Lipinski definition) is 16. The van der Waals surface area contributed by atoms with Crippen molar-refractivity contribution in [3.05, 3.63) is 348 Å². The topological polar surface area (TPSA) is 330 Å². The summed E-state index contributed by atoms with van der Waals surface area (Å²) in [5.74, 6) is -4.10. The maximum Gasteiger partial charge on any atom is 0.411 e. The summed E-state index contributed by atoms with van der Waals surface area (Å²) in [6.45, 7) is 15.3. The third kappa shape index (κ3) is 31.2. The molecule has 9 aromatic carbocycles. The molecular formula is C98H108N10O17. The molecule has 0 spiro atoms. The van der Waals surface area contributed by atoms with Gasteiger partial charge < -0.3 is 74.6 Å². The van der Waals surface area contributed by atoms with Crippen LogP contribution in [-0.4, -0.2) is 194 Å². The van der Waals surface area contributed by atoms with E-state index in [0.29, 0.717) is 13.0 Å². The monoisotopic (exact) mass is 1700 g/mol. The second-order valence-electron chi connectivity index (χ2n) is 30.9. The van der Waals surface area contributed by atoms with Gasteiger partial charge in [0.25, 0.3) is 0 Å². The Labute approximate surface area is 729 Å². The summed E-state index contributed by atoms with van der Waals surface area (Å²) < 4.78 is 21.8. The molecule has 2 aliphatic rings. The molecule has 2 fully saturated rings. The van der Waals surface area contributed by atoms with E-state index < -0.39 is 109 Å². The van der Waals surface area contributed by atoms with Crippen molar-refractivity contribution in [1.82, 2.24) is 50.7 Å². The molecule has 0 saturated carbocycles. The molecule has 5 N–H and O–H groups in total. The van der Waals surface area contributed by atoms with E-state index in [0.717, 1.165) is 55.0 Å². The fourth-order valence-corrected chi connectivity index (χ4v) is 14.0. The lowest BCUT2D eigenvalue weighted by molar-refractivity contribution is -0.145. The van der Waals surface area contributed by atoms with Crippen molar-refractivity contribution in [2.75, 3.05) is 39.3 Å². The van der Waals surface area contributed by atoms with Gasteiger partial charge in [-0.1, -0.05) is 285 Å². The van der Waals surface area contributed by atoms with Crippen molar-refractivity contribution in [2.45, 2.75) is 141 Å². The summed E-state index contributed by atoms with van der Waals surface area (Å²) in [4.78, 5) is 166. The van der Waals surface area contributed by atoms with Crippen LogP contribution in [0, 0.1) is 0 Å². The Morgan fingerprint density at radius 1 is 0.480 bits per heavy atom. The van der Waals surface area contributed by atoms with Gasteiger partial charge in [-0.3, -0.25) is 38.5 Å². The molecule has 9 aromatic rings. The third-order valence-corrected chi connectivity index (χ3v) is 19.9. The highest BCUT2D eigenvalue weighted by molar-refractivity contribution is 5.98. The maximum absolute atomic E-state index is 14.5. The first kappa shape index (κ1) is 94.4. The first-order chi connectivity index (χ1) is 60.3. The molecule has 0 aromatic heterocycles. The summed E-state index contributed by atoms with van der Waals surface area (Å²) in [7, 11) is 0. The van der Waals surface area contributed by atoms with Gasteiger partial charge in [0.2, 0.25) is 35.4 Å². The standard InChI is InChI=1S/C35H43N3O5.C33H34N4O8.C30H31N3O4/c1-6-22-38(34(41)43-35(3,4)5)31(23-28-16-10-7-11-17-28)32(39)37(25-29-18-12-8-13-19-29)24-27(2)36-33(40)42-26-30-20-14-9-15-21-30;38-21-26(17-30(40)41)34-29(39)20-37-28(16-23-10-4-1-5-11-23)32(43)36(18-24-12-6-2-7-13-24)19-27(31(37)42)35-33(44)45-22-25-14-8-3-9-15-25;1-2-18-33-27(19-23-12-6-3-7-13-23)29(35)32(20-24-14-8-4-9-15-24)21-26(28(33)34)31-30(36)37-22-25-16-10-5-11-17-25/h6-21,27,31H,1,22-26H2,2-5H3,(H,36,40);1-15,21,26-28H,16-20,22H2,(H,34,39)(H,35,44)(H,40,41);2-17,26-27H,1,18-22H2,(H,31,36)/t27-,31-;26-,27?,28-;26?,27-/m100/s1. The lowest BCUT2D eigenvalue weighted by atomic mass is 10.0. The molecule has 0 radical (unpaired) electrons. The van der Waals surface area contributed by atoms with Crippen molar-refractivity contribution >= 4 is 72.1 Å². The fourth-order valence-electron chi connectivity index (χ4n) is 14.0. The number of carbonyl (C=O) groups is 12. The second-order valence-corrected chi connectivity index (χ2v) is 30.9. The van der Waals surface area contributed by atoms with E-state index in [2.05, 4.69) is 34.4 Å². The van der Waals surface area contributed by atoms with Gasteiger partial charge in [0.15, 0.2) is 0 Å². The molecule has 10 amide bonds. The highest BCUT2D eigenvalue weighted by Crippen LogP contribution is 2.25. The van der Waals surface area contributed by atoms with Crippen LogP contribution in [0.3, 0.4) is 0 Å². The highest BCUT2D eigenvalue weighted by atomic mass is 16.6. The molecular weight excluding hydrogens is 1590 g/mol. The zero-order valence-electron chi connectivity index (χ0n) is 70.6. The number of carbonyl (C=O) groups excluding carboxylic acids is 11. The van der Waals surface area contributed by atoms with Crippen molar-refractivity contribution in [3.8, 4) is 0 Å². The van der Waals surface area contributed by atoms with Crippen molar-refractivity contribution in [1.29, 1.82) is 0 Å². The smallest absolute Gasteiger partial charge is 0.411 e. The maximum atomic E-state index is 14.5. The molecule has 2 aliphatic heterocycles. The largest absolute Gasteiger partial charge is 0.481 e. The number of rotatable bonds is 35. The van der Waals surface area contributed by atoms with Gasteiger partial charge in [0.1, 0.15) is 68.5 Å². The number of carboxylic acid groups (broad SMARTS) is 1. The van der Waals surface area contributed by atoms with Gasteiger partial charge >= 0.3 is 30.3 Å². The van der Waals surface area contributed by atoms with Gasteiger partial charge in [-0.15, -0.1) is 13.2 Å². The van der Waals surface area contributed by atoms with Crippen LogP contribution in [0.2, 0.25) is 0 Å². The third-order valence-electron chi connectivity index (χ3n) is 19.9. The minimum Gasteiger partial charge on any atom is -0.481 e. The van der Waals surface area contributed by atoms with Crippen LogP contribution < -0.4 is 21.3 Å². The molecule has 652 valence electrons. The molecule has 27 nitrogen and oxygen atoms in total. The second kappa shape index (κ2) is 48.8. The predicted octanol–water partition coefficient (Wildman–Crippen LogP) is 12.2. The van der Waals surface area contributed by atoms with Crippen LogP contribution in [0.4, 0.5) is 19.2 Å². The summed E-state index contributed by atoms with van der Waals surface area (Å²) in [6, 6.07) is 77.3. The zero-order valence-corrected chi connectivity index (χ0v) is 70.6. The van der Waals surface area contributed by atoms with Gasteiger partial charge in [-0.05, 0) is 77.8 Å². The van der Waals surface area contributed by atoms with E-state index in [-0.39, 0.29) is 102 Å². The van der Waals surface area contributed by atoms with E-state index in [1.54, 1.807) is 97.3 Å². The average Bonchev–Trinajstić information content (AvgIpc) is 1.68. The number of benzene rings is 9. The number of nitrogens with zero attached hydrogens (tertiary/aromatic N) is 6. The van der Waals surface area contributed by atoms with Crippen LogP contribution in [0.1, 0.15) is 84.2 Å². The summed E-state index contributed by atoms with van der Waals surface area (Å²) in [5, 5.41) is 19.5. The van der Waals surface area contributed by atoms with Crippen molar-refractivity contribution < 1.29 is 81.6 Å². The average molecular weight is 1700 g/mol. The van der Waals surface area contributed by atoms with Gasteiger partial charge in [0, 0.05) is 64.6 Å². The van der Waals surface area contributed by atoms with Crippen LogP contribution in [0.15, 0.2) is 298 Å². The summed E-state index contributed by atoms with van der Waals surface area (Å²) >= 11 is 0. The van der Waals surface area contributed by atoms with Crippen molar-refractivity contribution in [2.24, 2.45) is 0 Å². The molecule has 2 unspecified atom stereocenters. The van der Waals surface area contributed by atoms with Crippen LogP contribution in [0.25, 0.3) is 0 Å². The van der Waals surface area contributed by atoms with E-state index >= 15 is 0 Å². The number of aliphatic carboxylic acids is 1. The first-order valence-corrected chi connectivity index (χ1v) is 41.1. The first-order valence-electron chi connectivity index (χ1n) is 41.1. The molecule has 0 bridgehead atoms. The van der Waals surface area contributed by atoms with Crippen LogP contribution in [-0.2, 0) is 116 Å². The van der Waals surface area contributed by atoms with Crippen LogP contribution >= 0.6 is 0 Å². The van der Waals surface area contributed by atoms with E-state index in [1.165, 1.54) is 14.7 Å². The normalized spacial score (nSPS) is 15.7. The molecule has 125 heavy (non-hydrogen) atoms. The fraction of sp³-hybridized carbons (Fsp3) is 0.286. The Balaban J connectivity index is 0.000000213. The minimum atomic E-state index is -1.34. The predicted molar refractivity (Wildman–Crippen MR) is 471 cm³/mol. The number of amides is 10. The number of ether oxygens (including phenoxy) is 4. The van der Waals surface area contributed by atoms with Gasteiger partial charge in [-0.25, -0.2) is 19.2 Å². The SMILES string of the molecule is C=CCN(C(=O)OC(C)(C)C)[C@H](Cc1ccccc1)C(=O)N(Cc1ccccc1)C[C@@H](C)NC(=O)OCc1ccccc1.C=CCN1C(=O)C(NC(=O)OCc2ccccc2)CN(Cc2ccccc2)C(=O)[C@@H]1Cc1ccccc1.O=C[C@H](CC(=O)O)NC(=O)CN1C(=O)C(NC(=O)OCc2ccccc2)CN(Cc2ccccc2)C(=O)[C@@H]1Cc1ccccc1. The summed E-state index contributed by atoms with van der Waals surface area (Å²) in [6.07, 6.45) is 0.728. The quantitative estimate of drug-likeness (QED) is 0.0140. The lowest BCUT2D eigenvalue weighted by Gasteiger charge is -2.36. The van der Waals surface area contributed by atoms with Crippen molar-refractivity contribution in [3.63, 3.8) is 0 Å². The molecule has 7 atom stereocenters. The van der Waals surface area contributed by atoms with E-state index in [4.69, 9.17) is 24.1 Å². The van der Waals surface area contributed by atoms with Gasteiger partial charge in [-0.2, -0.15) is 0 Å². The molecule has 2 saturated heterocycles. The number of hydrogen-bond donors (Lipinski definition) is 5. The molecule has 11 rings (SSSR count). The number of alkyl carbamates (subject to hydrolysis) is 3. The van der Waals surface area contributed by atoms with Gasteiger partial charge in [0.05, 0.1) is 25.6 Å². The number of aldehydes is 1. The Hall–Kier alpha value is -14.5. The lowest BCUT2D eigenvalue weighted by Crippen LogP contribution is -2.56. The zero-order chi connectivity index (χ0) is 89.5. The Kier molecular flexibility index (Phi) is 36.8. The Morgan fingerprint density at radius 2 is 0.848 bits per heavy atom. The highest BCUT2D eigenvalue weighted by Gasteiger charge is 2.45. The Bertz CT molecular complexity index is 4990. The summed E-state index contributed by atoms with van der Waals surface area (Å²) in [5.41, 5.74) is 6.89. The van der Waals surface area contributed by atoms with E-state index in [1.807, 2.05) is 225 Å². The Morgan fingerprint density at radius 3 is 1.23 bits per heavy atom. The van der Waals surface area contributed by atoms with E-state index in [9.17, 15) is 57.5 Å². The molecule has 2 heterocycles. The molecule has 0 aliphatic carbocycles. The number of nitrogens with one attached hydrogen (secondary N) is 4. The number of carboxylic acids is 1. The van der Waals surface area contributed by atoms with Crippen LogP contribution in [0.5, 0.6) is 0 Å². The molecule has 27 heteroatoms. The minimum absolute atomic E-state index is 0.0337.